The average Bonchev–Trinajstić information content (AvgIpc) is 3.06. The molecule has 3 aromatic rings. The highest BCUT2D eigenvalue weighted by Gasteiger charge is 2.25. The number of anilines is 2. The number of rotatable bonds is 5. The third kappa shape index (κ3) is 4.30. The molecule has 1 fully saturated rings. The highest BCUT2D eigenvalue weighted by atomic mass is 35.5. The van der Waals surface area contributed by atoms with E-state index < -0.39 is 15.7 Å². The number of nitrogens with zero attached hydrogens (tertiary/aromatic N) is 1. The van der Waals surface area contributed by atoms with Crippen molar-refractivity contribution in [2.75, 3.05) is 42.8 Å². The molecule has 0 spiro atoms. The van der Waals surface area contributed by atoms with E-state index in [4.69, 9.17) is 20.8 Å². The SMILES string of the molecule is CS(=O)(=O)Cc1c(C(=O)Nc2cccc(Cl)c2N2CCOCC2)oc2ccccc12. The zero-order valence-corrected chi connectivity index (χ0v) is 17.9. The molecule has 2 aromatic carbocycles. The Morgan fingerprint density at radius 1 is 1.13 bits per heavy atom. The lowest BCUT2D eigenvalue weighted by Crippen LogP contribution is -2.37. The summed E-state index contributed by atoms with van der Waals surface area (Å²) in [6.45, 7) is 2.44. The second-order valence-electron chi connectivity index (χ2n) is 7.17. The molecule has 30 heavy (non-hydrogen) atoms. The van der Waals surface area contributed by atoms with E-state index in [0.29, 0.717) is 59.2 Å². The number of para-hydroxylation sites is 2. The lowest BCUT2D eigenvalue weighted by Gasteiger charge is -2.31. The number of hydrogen-bond donors (Lipinski definition) is 1. The summed E-state index contributed by atoms with van der Waals surface area (Å²) in [6, 6.07) is 12.3. The van der Waals surface area contributed by atoms with Gasteiger partial charge in [-0.05, 0) is 18.2 Å². The predicted octanol–water partition coefficient (Wildman–Crippen LogP) is 3.72. The van der Waals surface area contributed by atoms with Crippen LogP contribution in [0.15, 0.2) is 46.9 Å². The summed E-state index contributed by atoms with van der Waals surface area (Å²) in [5, 5.41) is 3.97. The minimum absolute atomic E-state index is 0.0190. The van der Waals surface area contributed by atoms with E-state index in [-0.39, 0.29) is 11.5 Å². The Morgan fingerprint density at radius 2 is 1.87 bits per heavy atom. The summed E-state index contributed by atoms with van der Waals surface area (Å²) in [5.74, 6) is -0.838. The monoisotopic (exact) mass is 448 g/mol. The van der Waals surface area contributed by atoms with E-state index in [1.807, 2.05) is 0 Å². The Hall–Kier alpha value is -2.55. The summed E-state index contributed by atoms with van der Waals surface area (Å²) < 4.78 is 35.1. The van der Waals surface area contributed by atoms with Crippen LogP contribution in [0.2, 0.25) is 5.02 Å². The van der Waals surface area contributed by atoms with Crippen molar-refractivity contribution in [3.05, 3.63) is 58.8 Å². The number of carbonyl (C=O) groups is 1. The molecule has 4 rings (SSSR count). The number of carbonyl (C=O) groups excluding carboxylic acids is 1. The Labute approximate surface area is 179 Å². The first-order chi connectivity index (χ1) is 14.3. The summed E-state index contributed by atoms with van der Waals surface area (Å²) in [6.07, 6.45) is 1.13. The Kier molecular flexibility index (Phi) is 5.73. The maximum absolute atomic E-state index is 13.2. The molecule has 1 aliphatic rings. The van der Waals surface area contributed by atoms with Gasteiger partial charge in [0.25, 0.3) is 5.91 Å². The van der Waals surface area contributed by atoms with Crippen molar-refractivity contribution in [3.63, 3.8) is 0 Å². The van der Waals surface area contributed by atoms with Gasteiger partial charge in [-0.1, -0.05) is 35.9 Å². The molecule has 0 atom stereocenters. The molecule has 1 aliphatic heterocycles. The van der Waals surface area contributed by atoms with Crippen LogP contribution >= 0.6 is 11.6 Å². The second-order valence-corrected chi connectivity index (χ2v) is 9.71. The summed E-state index contributed by atoms with van der Waals surface area (Å²) in [4.78, 5) is 15.2. The number of benzene rings is 2. The molecular formula is C21H21ClN2O5S. The van der Waals surface area contributed by atoms with Crippen LogP contribution in [0.1, 0.15) is 16.1 Å². The number of fused-ring (bicyclic) bond motifs is 1. The summed E-state index contributed by atoms with van der Waals surface area (Å²) in [5.41, 5.74) is 2.04. The van der Waals surface area contributed by atoms with Crippen LogP contribution in [0.25, 0.3) is 11.0 Å². The molecular weight excluding hydrogens is 428 g/mol. The molecule has 0 saturated carbocycles. The van der Waals surface area contributed by atoms with Crippen molar-refractivity contribution in [3.8, 4) is 0 Å². The molecule has 0 aliphatic carbocycles. The van der Waals surface area contributed by atoms with Gasteiger partial charge in [0.15, 0.2) is 15.6 Å². The first-order valence-electron chi connectivity index (χ1n) is 9.44. The van der Waals surface area contributed by atoms with Crippen molar-refractivity contribution >= 4 is 49.7 Å². The third-order valence-electron chi connectivity index (χ3n) is 4.87. The van der Waals surface area contributed by atoms with Gasteiger partial charge in [-0.3, -0.25) is 4.79 Å². The standard InChI is InChI=1S/C21H21ClN2O5S/c1-30(26,27)13-15-14-5-2-3-8-18(14)29-20(15)21(25)23-17-7-4-6-16(22)19(17)24-9-11-28-12-10-24/h2-8H,9-13H2,1H3,(H,23,25). The molecule has 1 aromatic heterocycles. The Morgan fingerprint density at radius 3 is 2.60 bits per heavy atom. The molecule has 9 heteroatoms. The number of morpholine rings is 1. The van der Waals surface area contributed by atoms with E-state index >= 15 is 0 Å². The Balaban J connectivity index is 1.72. The van der Waals surface area contributed by atoms with E-state index in [2.05, 4.69) is 10.2 Å². The number of hydrogen-bond acceptors (Lipinski definition) is 6. The van der Waals surface area contributed by atoms with Gasteiger partial charge in [0.2, 0.25) is 0 Å². The van der Waals surface area contributed by atoms with Gasteiger partial charge in [0.05, 0.1) is 35.4 Å². The second kappa shape index (κ2) is 8.29. The first-order valence-corrected chi connectivity index (χ1v) is 11.9. The number of sulfone groups is 1. The zero-order valence-electron chi connectivity index (χ0n) is 16.4. The largest absolute Gasteiger partial charge is 0.451 e. The van der Waals surface area contributed by atoms with Crippen LogP contribution < -0.4 is 10.2 Å². The van der Waals surface area contributed by atoms with Gasteiger partial charge in [0.1, 0.15) is 5.58 Å². The fourth-order valence-corrected chi connectivity index (χ4v) is 4.70. The number of halogens is 1. The molecule has 0 unspecified atom stereocenters. The molecule has 158 valence electrons. The quantitative estimate of drug-likeness (QED) is 0.640. The maximum Gasteiger partial charge on any atom is 0.291 e. The van der Waals surface area contributed by atoms with Crippen LogP contribution in [0, 0.1) is 0 Å². The fourth-order valence-electron chi connectivity index (χ4n) is 3.59. The highest BCUT2D eigenvalue weighted by Crippen LogP contribution is 2.35. The summed E-state index contributed by atoms with van der Waals surface area (Å²) >= 11 is 6.44. The third-order valence-corrected chi connectivity index (χ3v) is 5.99. The number of furan rings is 1. The highest BCUT2D eigenvalue weighted by molar-refractivity contribution is 7.89. The van der Waals surface area contributed by atoms with E-state index in [9.17, 15) is 13.2 Å². The lowest BCUT2D eigenvalue weighted by atomic mass is 10.1. The molecule has 2 heterocycles. The van der Waals surface area contributed by atoms with E-state index in [1.54, 1.807) is 42.5 Å². The minimum Gasteiger partial charge on any atom is -0.451 e. The molecule has 7 nitrogen and oxygen atoms in total. The Bertz CT molecular complexity index is 1200. The number of amides is 1. The van der Waals surface area contributed by atoms with Gasteiger partial charge in [-0.25, -0.2) is 8.42 Å². The number of ether oxygens (including phenoxy) is 1. The predicted molar refractivity (Wildman–Crippen MR) is 117 cm³/mol. The van der Waals surface area contributed by atoms with Gasteiger partial charge in [-0.2, -0.15) is 0 Å². The average molecular weight is 449 g/mol. The smallest absolute Gasteiger partial charge is 0.291 e. The first kappa shape index (κ1) is 20.7. The van der Waals surface area contributed by atoms with Crippen LogP contribution in [0.4, 0.5) is 11.4 Å². The van der Waals surface area contributed by atoms with Crippen molar-refractivity contribution < 1.29 is 22.4 Å². The zero-order chi connectivity index (χ0) is 21.3. The van der Waals surface area contributed by atoms with E-state index in [0.717, 1.165) is 6.26 Å². The molecule has 1 amide bonds. The van der Waals surface area contributed by atoms with Crippen LogP contribution in [0.3, 0.4) is 0 Å². The molecule has 0 bridgehead atoms. The van der Waals surface area contributed by atoms with Gasteiger partial charge in [-0.15, -0.1) is 0 Å². The van der Waals surface area contributed by atoms with Gasteiger partial charge < -0.3 is 19.4 Å². The minimum atomic E-state index is -3.38. The van der Waals surface area contributed by atoms with Crippen molar-refractivity contribution in [2.24, 2.45) is 0 Å². The summed E-state index contributed by atoms with van der Waals surface area (Å²) in [7, 11) is -3.38. The van der Waals surface area contributed by atoms with Crippen molar-refractivity contribution in [1.82, 2.24) is 0 Å². The molecule has 1 N–H and O–H groups in total. The topological polar surface area (TPSA) is 88.9 Å². The number of nitrogens with one attached hydrogen (secondary N) is 1. The molecule has 1 saturated heterocycles. The van der Waals surface area contributed by atoms with Crippen molar-refractivity contribution in [1.29, 1.82) is 0 Å². The fraction of sp³-hybridized carbons (Fsp3) is 0.286. The lowest BCUT2D eigenvalue weighted by molar-refractivity contribution is 0.0998. The van der Waals surface area contributed by atoms with Crippen molar-refractivity contribution in [2.45, 2.75) is 5.75 Å². The van der Waals surface area contributed by atoms with Crippen LogP contribution in [-0.4, -0.2) is 46.9 Å². The normalized spacial score (nSPS) is 14.8. The van der Waals surface area contributed by atoms with Crippen LogP contribution in [0.5, 0.6) is 0 Å². The maximum atomic E-state index is 13.2. The molecule has 0 radical (unpaired) electrons. The van der Waals surface area contributed by atoms with Crippen LogP contribution in [-0.2, 0) is 20.3 Å². The van der Waals surface area contributed by atoms with E-state index in [1.165, 1.54) is 0 Å². The van der Waals surface area contributed by atoms with Gasteiger partial charge >= 0.3 is 0 Å². The van der Waals surface area contributed by atoms with Gasteiger partial charge in [0, 0.05) is 30.3 Å².